The first-order chi connectivity index (χ1) is 35.6. The molecule has 6 atom stereocenters. The maximum atomic E-state index is 11.7. The summed E-state index contributed by atoms with van der Waals surface area (Å²) in [4.78, 5) is 0. The van der Waals surface area contributed by atoms with Crippen LogP contribution in [0.3, 0.4) is 0 Å². The van der Waals surface area contributed by atoms with Crippen LogP contribution in [0.2, 0.25) is 0 Å². The zero-order chi connectivity index (χ0) is 50.1. The number of benzene rings is 5. The Hall–Kier alpha value is -6.52. The van der Waals surface area contributed by atoms with Gasteiger partial charge in [-0.1, -0.05) is 72.5 Å². The van der Waals surface area contributed by atoms with Gasteiger partial charge in [-0.2, -0.15) is 0 Å². The molecule has 0 radical (unpaired) electrons. The number of nitrogens with zero attached hydrogens (tertiary/aromatic N) is 1. The molecule has 1 saturated heterocycles. The Labute approximate surface area is 428 Å². The van der Waals surface area contributed by atoms with Crippen molar-refractivity contribution in [3.63, 3.8) is 0 Å². The number of phenols is 3. The van der Waals surface area contributed by atoms with Gasteiger partial charge in [-0.15, -0.1) is 0 Å². The molecule has 11 heteroatoms. The van der Waals surface area contributed by atoms with E-state index in [1.54, 1.807) is 24.3 Å². The van der Waals surface area contributed by atoms with Crippen molar-refractivity contribution in [2.75, 3.05) is 33.4 Å². The highest BCUT2D eigenvalue weighted by Crippen LogP contribution is 2.52. The molecule has 6 bridgehead atoms. The van der Waals surface area contributed by atoms with E-state index in [0.29, 0.717) is 57.1 Å². The highest BCUT2D eigenvalue weighted by molar-refractivity contribution is 5.89. The molecular weight excluding hydrogens is 913 g/mol. The fraction of sp³-hybridized carbons (Fsp3) is 0.387. The van der Waals surface area contributed by atoms with E-state index in [1.165, 1.54) is 16.7 Å². The van der Waals surface area contributed by atoms with Gasteiger partial charge in [-0.3, -0.25) is 0 Å². The molecule has 4 aliphatic heterocycles. The van der Waals surface area contributed by atoms with Crippen molar-refractivity contribution in [1.29, 1.82) is 0 Å². The zero-order valence-corrected chi connectivity index (χ0v) is 41.8. The summed E-state index contributed by atoms with van der Waals surface area (Å²) in [5.74, 6) is 9.61. The number of phenolic OH excluding ortho intramolecular Hbond substituents is 3. The Kier molecular flexibility index (Phi) is 14.1. The average molecular weight is 981 g/mol. The van der Waals surface area contributed by atoms with E-state index in [2.05, 4.69) is 81.9 Å². The Morgan fingerprint density at radius 3 is 2.64 bits per heavy atom. The number of rotatable bonds is 8. The van der Waals surface area contributed by atoms with Crippen LogP contribution in [-0.2, 0) is 47.2 Å². The van der Waals surface area contributed by atoms with Gasteiger partial charge < -0.3 is 55.6 Å². The second-order valence-electron chi connectivity index (χ2n) is 21.1. The van der Waals surface area contributed by atoms with Crippen molar-refractivity contribution in [3.8, 4) is 34.8 Å². The fourth-order valence-corrected chi connectivity index (χ4v) is 12.5. The molecule has 11 rings (SSSR count). The van der Waals surface area contributed by atoms with Crippen LogP contribution in [0, 0.1) is 23.7 Å². The summed E-state index contributed by atoms with van der Waals surface area (Å²) >= 11 is 0. The second-order valence-corrected chi connectivity index (χ2v) is 21.1. The average Bonchev–Trinajstić information content (AvgIpc) is 3.82. The number of fused-ring (bicyclic) bond motifs is 9. The predicted octanol–water partition coefficient (Wildman–Crippen LogP) is 9.29. The second kappa shape index (κ2) is 21.1. The lowest BCUT2D eigenvalue weighted by atomic mass is 9.57. The van der Waals surface area contributed by atoms with E-state index in [9.17, 15) is 20.4 Å². The van der Waals surface area contributed by atoms with E-state index in [-0.39, 0.29) is 47.9 Å². The van der Waals surface area contributed by atoms with Crippen LogP contribution in [0.1, 0.15) is 95.9 Å². The number of hydrogen-bond donors (Lipinski definition) is 7. The number of aromatic hydroxyl groups is 3. The zero-order valence-electron chi connectivity index (χ0n) is 41.8. The van der Waals surface area contributed by atoms with Gasteiger partial charge in [0, 0.05) is 65.2 Å². The van der Waals surface area contributed by atoms with Crippen LogP contribution in [0.25, 0.3) is 16.6 Å². The molecule has 1 aromatic heterocycles. The molecule has 5 heterocycles. The molecule has 11 nitrogen and oxygen atoms in total. The van der Waals surface area contributed by atoms with Gasteiger partial charge in [0.2, 0.25) is 0 Å². The number of nitrogens with two attached hydrogens (primary N) is 1. The first-order valence-corrected chi connectivity index (χ1v) is 26.4. The van der Waals surface area contributed by atoms with Crippen LogP contribution in [0.4, 0.5) is 0 Å². The first-order valence-electron chi connectivity index (χ1n) is 26.4. The quantitative estimate of drug-likeness (QED) is 0.0732. The summed E-state index contributed by atoms with van der Waals surface area (Å²) in [6.07, 6.45) is 12.1. The van der Waals surface area contributed by atoms with Crippen LogP contribution in [0.15, 0.2) is 126 Å². The topological polar surface area (TPSA) is 164 Å². The van der Waals surface area contributed by atoms with E-state index in [0.717, 1.165) is 112 Å². The summed E-state index contributed by atoms with van der Waals surface area (Å²) in [5.41, 5.74) is 18.5. The van der Waals surface area contributed by atoms with Gasteiger partial charge in [0.15, 0.2) is 11.5 Å². The highest BCUT2D eigenvalue weighted by Gasteiger charge is 2.47. The summed E-state index contributed by atoms with van der Waals surface area (Å²) in [6, 6.07) is 32.2. The minimum atomic E-state index is -0.620. The van der Waals surface area contributed by atoms with Crippen LogP contribution < -0.4 is 21.1 Å². The van der Waals surface area contributed by atoms with E-state index in [4.69, 9.17) is 19.9 Å². The minimum absolute atomic E-state index is 0.0462. The maximum absolute atomic E-state index is 11.7. The third kappa shape index (κ3) is 10.1. The molecule has 0 amide bonds. The van der Waals surface area contributed by atoms with Gasteiger partial charge in [-0.25, -0.2) is 0 Å². The van der Waals surface area contributed by atoms with E-state index >= 15 is 0 Å². The summed E-state index contributed by atoms with van der Waals surface area (Å²) in [6.45, 7) is 2.40. The van der Waals surface area contributed by atoms with Crippen molar-refractivity contribution in [3.05, 3.63) is 171 Å². The lowest BCUT2D eigenvalue weighted by Crippen LogP contribution is -2.47. The van der Waals surface area contributed by atoms with Gasteiger partial charge in [-0.05, 0) is 170 Å². The molecule has 6 aromatic rings. The van der Waals surface area contributed by atoms with Crippen LogP contribution >= 0.6 is 0 Å². The normalized spacial score (nSPS) is 24.3. The van der Waals surface area contributed by atoms with Crippen molar-refractivity contribution in [1.82, 2.24) is 15.2 Å². The molecule has 378 valence electrons. The van der Waals surface area contributed by atoms with Gasteiger partial charge in [0.1, 0.15) is 30.1 Å². The van der Waals surface area contributed by atoms with E-state index in [1.807, 2.05) is 37.4 Å². The molecule has 1 unspecified atom stereocenters. The number of aliphatic hydroxyl groups is 1. The molecule has 1 fully saturated rings. The number of nitrogens with one attached hydrogen (secondary N) is 2. The van der Waals surface area contributed by atoms with Crippen LogP contribution in [-0.4, -0.2) is 76.8 Å². The molecule has 5 aliphatic rings. The Bertz CT molecular complexity index is 3140. The lowest BCUT2D eigenvalue weighted by Gasteiger charge is -2.49. The molecular formula is C62H68N4O7. The first kappa shape index (κ1) is 48.7. The largest absolute Gasteiger partial charge is 0.508 e. The number of dihydropyridines is 1. The smallest absolute Gasteiger partial charge is 0.161 e. The number of aliphatic hydroxyl groups excluding tert-OH is 1. The molecule has 0 saturated carbocycles. The Morgan fingerprint density at radius 2 is 1.75 bits per heavy atom. The monoisotopic (exact) mass is 981 g/mol. The van der Waals surface area contributed by atoms with E-state index < -0.39 is 12.3 Å². The Morgan fingerprint density at radius 1 is 0.863 bits per heavy atom. The molecule has 1 aliphatic carbocycles. The summed E-state index contributed by atoms with van der Waals surface area (Å²) in [7, 11) is 1.93. The van der Waals surface area contributed by atoms with Gasteiger partial charge in [0.25, 0.3) is 0 Å². The number of likely N-dealkylation sites (N-methyl/N-ethyl adjacent to an activating group) is 1. The van der Waals surface area contributed by atoms with Crippen molar-refractivity contribution in [2.45, 2.75) is 107 Å². The van der Waals surface area contributed by atoms with Gasteiger partial charge >= 0.3 is 0 Å². The number of aromatic nitrogens is 1. The molecule has 5 aromatic carbocycles. The lowest BCUT2D eigenvalue weighted by molar-refractivity contribution is 0.00498. The maximum Gasteiger partial charge on any atom is 0.161 e. The molecule has 0 spiro atoms. The van der Waals surface area contributed by atoms with Crippen LogP contribution in [0.5, 0.6) is 23.0 Å². The van der Waals surface area contributed by atoms with Crippen molar-refractivity contribution < 1.29 is 34.6 Å². The third-order valence-corrected chi connectivity index (χ3v) is 16.4. The van der Waals surface area contributed by atoms with Crippen molar-refractivity contribution >= 4 is 16.6 Å². The highest BCUT2D eigenvalue weighted by atomic mass is 16.5. The predicted molar refractivity (Wildman–Crippen MR) is 285 cm³/mol. The summed E-state index contributed by atoms with van der Waals surface area (Å²) in [5, 5.41) is 53.1. The van der Waals surface area contributed by atoms with Gasteiger partial charge in [0.05, 0.1) is 25.4 Å². The fourth-order valence-electron chi connectivity index (χ4n) is 12.5. The Balaban J connectivity index is 1.03. The number of ether oxygens (including phenoxy) is 3. The number of aryl methyl sites for hydroxylation is 3. The SMILES string of the molecule is CNCC1=C2C#C[C@H](CCc3ccc(O)c(Cc4cccc(O)c4)c3)CCC[C@H]3C[C@H](O)CCc4ccc(O)c(c4)OCc4cc([C@@]56CCOC[C@H]5CCc5ccccc56)cc5cn(cc45)C(=C2CO3)NC1N. The minimum Gasteiger partial charge on any atom is -0.508 e. The standard InChI is InChI=1S/C62H68N4O7/c1-64-33-53-52-21-15-39(12-13-40-16-22-57(69)44(26-40)27-42-7-4-9-49(67)28-42)6-5-10-51-32-50(68)20-14-41-17-23-58(70)59(29-41)73-36-46-31-48(62-24-25-71-37-47(62)19-18-43-8-2-3-11-56(43)62)30-45-34-66(35-54(45)46)61(65-60(53)63)55(52)38-72-51/h2-4,7-9,11,16-17,22-23,26,28-31,34-35,39,47,50-51,60,64-65,67-70H,5-6,10,12-14,18-20,24-25,27,32-33,36-38,63H2,1H3/t39-,47+,50+,51-,60?,62+/m0/s1. The van der Waals surface area contributed by atoms with Crippen molar-refractivity contribution in [2.24, 2.45) is 17.6 Å². The molecule has 8 N–H and O–H groups in total. The molecule has 73 heavy (non-hydrogen) atoms. The summed E-state index contributed by atoms with van der Waals surface area (Å²) < 4.78 is 22.1. The third-order valence-electron chi connectivity index (χ3n) is 16.4. The number of hydrogen-bond acceptors (Lipinski definition) is 10.